The number of piperidine rings is 1. The summed E-state index contributed by atoms with van der Waals surface area (Å²) in [6.45, 7) is 2.70. The molecular formula is C17H19ClFN3O2. The fourth-order valence-corrected chi connectivity index (χ4v) is 2.90. The van der Waals surface area contributed by atoms with E-state index in [4.69, 9.17) is 21.1 Å². The van der Waals surface area contributed by atoms with Crippen molar-refractivity contribution < 1.29 is 13.9 Å². The maximum absolute atomic E-state index is 14.6. The molecule has 0 aliphatic carbocycles. The molecule has 1 aliphatic rings. The van der Waals surface area contributed by atoms with Gasteiger partial charge in [0.25, 0.3) is 0 Å². The summed E-state index contributed by atoms with van der Waals surface area (Å²) in [5.74, 6) is 2.06. The first-order chi connectivity index (χ1) is 11.6. The lowest BCUT2D eigenvalue weighted by atomic mass is 10.1. The molecule has 2 aromatic rings. The number of hydrogen-bond acceptors (Lipinski definition) is 5. The van der Waals surface area contributed by atoms with Crippen LogP contribution in [0, 0.1) is 6.92 Å². The first-order valence-corrected chi connectivity index (χ1v) is 8.13. The van der Waals surface area contributed by atoms with Crippen molar-refractivity contribution in [2.75, 3.05) is 25.1 Å². The molecule has 0 amide bonds. The number of anilines is 1. The summed E-state index contributed by atoms with van der Waals surface area (Å²) in [5.41, 5.74) is 0.765. The number of rotatable bonds is 4. The van der Waals surface area contributed by atoms with Crippen LogP contribution in [0.15, 0.2) is 30.6 Å². The van der Waals surface area contributed by atoms with E-state index in [1.54, 1.807) is 31.4 Å². The van der Waals surface area contributed by atoms with Crippen LogP contribution in [-0.2, 0) is 0 Å². The molecule has 5 nitrogen and oxygen atoms in total. The predicted octanol–water partition coefficient (Wildman–Crippen LogP) is 3.44. The van der Waals surface area contributed by atoms with Crippen LogP contribution in [0.3, 0.4) is 0 Å². The molecule has 24 heavy (non-hydrogen) atoms. The van der Waals surface area contributed by atoms with Gasteiger partial charge in [-0.1, -0.05) is 11.6 Å². The Morgan fingerprint density at radius 1 is 1.21 bits per heavy atom. The van der Waals surface area contributed by atoms with Crippen LogP contribution in [-0.4, -0.2) is 42.4 Å². The third-order valence-electron chi connectivity index (χ3n) is 4.12. The molecule has 1 aliphatic heterocycles. The second-order valence-corrected chi connectivity index (χ2v) is 6.05. The van der Waals surface area contributed by atoms with Crippen molar-refractivity contribution in [1.29, 1.82) is 0 Å². The summed E-state index contributed by atoms with van der Waals surface area (Å²) < 4.78 is 25.5. The number of halogens is 2. The van der Waals surface area contributed by atoms with Crippen molar-refractivity contribution in [2.45, 2.75) is 25.6 Å². The molecule has 1 fully saturated rings. The van der Waals surface area contributed by atoms with Crippen LogP contribution in [0.2, 0.25) is 5.15 Å². The quantitative estimate of drug-likeness (QED) is 0.790. The Kier molecular flexibility index (Phi) is 5.04. The SMILES string of the molecule is COc1ccc(O[C@H]2CCN(c3ncnc(Cl)c3C)C[C@H]2F)cc1. The van der Waals surface area contributed by atoms with Crippen LogP contribution in [0.25, 0.3) is 0 Å². The Morgan fingerprint density at radius 3 is 2.58 bits per heavy atom. The maximum Gasteiger partial charge on any atom is 0.154 e. The number of aromatic nitrogens is 2. The fraction of sp³-hybridized carbons (Fsp3) is 0.412. The average Bonchev–Trinajstić information content (AvgIpc) is 2.60. The lowest BCUT2D eigenvalue weighted by molar-refractivity contribution is 0.0818. The number of ether oxygens (including phenoxy) is 2. The Balaban J connectivity index is 1.65. The normalized spacial score (nSPS) is 20.8. The zero-order valence-electron chi connectivity index (χ0n) is 13.6. The third kappa shape index (κ3) is 3.53. The highest BCUT2D eigenvalue weighted by Gasteiger charge is 2.32. The molecule has 3 rings (SSSR count). The van der Waals surface area contributed by atoms with E-state index in [1.807, 2.05) is 11.8 Å². The van der Waals surface area contributed by atoms with Crippen LogP contribution in [0.5, 0.6) is 11.5 Å². The van der Waals surface area contributed by atoms with E-state index in [1.165, 1.54) is 6.33 Å². The standard InChI is InChI=1S/C17H19ClFN3O2/c1-11-16(18)20-10-21-17(11)22-8-7-15(14(19)9-22)24-13-5-3-12(23-2)4-6-13/h3-6,10,14-15H,7-9H2,1-2H3/t14-,15+/m1/s1. The van der Waals surface area contributed by atoms with E-state index in [0.29, 0.717) is 29.7 Å². The molecule has 0 bridgehead atoms. The fourth-order valence-electron chi connectivity index (χ4n) is 2.78. The molecule has 0 unspecified atom stereocenters. The van der Waals surface area contributed by atoms with Crippen LogP contribution >= 0.6 is 11.6 Å². The predicted molar refractivity (Wildman–Crippen MR) is 90.9 cm³/mol. The van der Waals surface area contributed by atoms with Gasteiger partial charge in [-0.05, 0) is 31.2 Å². The number of benzene rings is 1. The molecule has 1 saturated heterocycles. The summed E-state index contributed by atoms with van der Waals surface area (Å²) in [6.07, 6.45) is 0.368. The van der Waals surface area contributed by atoms with Crippen molar-refractivity contribution in [3.8, 4) is 11.5 Å². The monoisotopic (exact) mass is 351 g/mol. The zero-order valence-corrected chi connectivity index (χ0v) is 14.3. The third-order valence-corrected chi connectivity index (χ3v) is 4.51. The van der Waals surface area contributed by atoms with Crippen LogP contribution < -0.4 is 14.4 Å². The minimum atomic E-state index is -1.12. The highest BCUT2D eigenvalue weighted by Crippen LogP contribution is 2.28. The van der Waals surface area contributed by atoms with E-state index in [0.717, 1.165) is 11.3 Å². The number of nitrogens with zero attached hydrogens (tertiary/aromatic N) is 3. The maximum atomic E-state index is 14.6. The molecule has 1 aromatic carbocycles. The minimum absolute atomic E-state index is 0.217. The lowest BCUT2D eigenvalue weighted by Crippen LogP contribution is -2.47. The van der Waals surface area contributed by atoms with Gasteiger partial charge in [-0.15, -0.1) is 0 Å². The van der Waals surface area contributed by atoms with Gasteiger partial charge in [0.2, 0.25) is 0 Å². The molecule has 128 valence electrons. The van der Waals surface area contributed by atoms with E-state index in [-0.39, 0.29) is 6.54 Å². The Labute approximate surface area is 145 Å². The lowest BCUT2D eigenvalue weighted by Gasteiger charge is -2.36. The van der Waals surface area contributed by atoms with Gasteiger partial charge in [0.05, 0.1) is 13.7 Å². The molecule has 2 atom stereocenters. The molecule has 0 spiro atoms. The van der Waals surface area contributed by atoms with Crippen molar-refractivity contribution in [2.24, 2.45) is 0 Å². The molecule has 0 radical (unpaired) electrons. The Bertz CT molecular complexity index is 699. The highest BCUT2D eigenvalue weighted by atomic mass is 35.5. The summed E-state index contributed by atoms with van der Waals surface area (Å²) in [6, 6.07) is 7.16. The summed E-state index contributed by atoms with van der Waals surface area (Å²) in [7, 11) is 1.60. The van der Waals surface area contributed by atoms with E-state index in [2.05, 4.69) is 9.97 Å². The molecule has 2 heterocycles. The van der Waals surface area contributed by atoms with Gasteiger partial charge in [0.1, 0.15) is 34.9 Å². The van der Waals surface area contributed by atoms with Gasteiger partial charge in [-0.3, -0.25) is 0 Å². The van der Waals surface area contributed by atoms with Crippen molar-refractivity contribution in [1.82, 2.24) is 9.97 Å². The molecule has 0 saturated carbocycles. The summed E-state index contributed by atoms with van der Waals surface area (Å²) >= 11 is 6.02. The molecule has 0 N–H and O–H groups in total. The topological polar surface area (TPSA) is 47.5 Å². The van der Waals surface area contributed by atoms with Gasteiger partial charge in [-0.25, -0.2) is 14.4 Å². The second-order valence-electron chi connectivity index (χ2n) is 5.70. The van der Waals surface area contributed by atoms with Crippen molar-refractivity contribution in [3.05, 3.63) is 41.3 Å². The second kappa shape index (κ2) is 7.21. The largest absolute Gasteiger partial charge is 0.497 e. The smallest absolute Gasteiger partial charge is 0.154 e. The number of alkyl halides is 1. The Hall–Kier alpha value is -2.08. The van der Waals surface area contributed by atoms with Gasteiger partial charge in [0, 0.05) is 18.5 Å². The summed E-state index contributed by atoms with van der Waals surface area (Å²) in [4.78, 5) is 10.1. The number of methoxy groups -OCH3 is 1. The van der Waals surface area contributed by atoms with Gasteiger partial charge >= 0.3 is 0 Å². The van der Waals surface area contributed by atoms with Crippen molar-refractivity contribution >= 4 is 17.4 Å². The molecular weight excluding hydrogens is 333 g/mol. The van der Waals surface area contributed by atoms with Gasteiger partial charge < -0.3 is 14.4 Å². The zero-order chi connectivity index (χ0) is 17.1. The van der Waals surface area contributed by atoms with Crippen LogP contribution in [0.4, 0.5) is 10.2 Å². The van der Waals surface area contributed by atoms with Gasteiger partial charge in [-0.2, -0.15) is 0 Å². The minimum Gasteiger partial charge on any atom is -0.497 e. The molecule has 1 aromatic heterocycles. The number of hydrogen-bond donors (Lipinski definition) is 0. The van der Waals surface area contributed by atoms with E-state index >= 15 is 0 Å². The summed E-state index contributed by atoms with van der Waals surface area (Å²) in [5, 5.41) is 0.395. The van der Waals surface area contributed by atoms with Gasteiger partial charge in [0.15, 0.2) is 6.17 Å². The first-order valence-electron chi connectivity index (χ1n) is 7.75. The average molecular weight is 352 g/mol. The highest BCUT2D eigenvalue weighted by molar-refractivity contribution is 6.30. The van der Waals surface area contributed by atoms with E-state index in [9.17, 15) is 4.39 Å². The van der Waals surface area contributed by atoms with Crippen LogP contribution in [0.1, 0.15) is 12.0 Å². The Morgan fingerprint density at radius 2 is 1.92 bits per heavy atom. The van der Waals surface area contributed by atoms with E-state index < -0.39 is 12.3 Å². The van der Waals surface area contributed by atoms with Crippen molar-refractivity contribution in [3.63, 3.8) is 0 Å². The first kappa shape index (κ1) is 16.8. The molecule has 7 heteroatoms.